The molecule has 25 heavy (non-hydrogen) atoms. The van der Waals surface area contributed by atoms with Crippen LogP contribution in [0.25, 0.3) is 0 Å². The Hall–Kier alpha value is -2.94. The lowest BCUT2D eigenvalue weighted by Crippen LogP contribution is -2.15. The monoisotopic (exact) mass is 343 g/mol. The second-order valence-electron chi connectivity index (χ2n) is 5.65. The van der Waals surface area contributed by atoms with Gasteiger partial charge in [0, 0.05) is 18.5 Å². The van der Waals surface area contributed by atoms with E-state index in [9.17, 15) is 4.79 Å². The first-order chi connectivity index (χ1) is 12.0. The topological polar surface area (TPSA) is 91.8 Å². The fourth-order valence-corrected chi connectivity index (χ4v) is 2.40. The van der Waals surface area contributed by atoms with Crippen molar-refractivity contribution in [2.45, 2.75) is 34.2 Å². The molecule has 132 valence electrons. The van der Waals surface area contributed by atoms with Gasteiger partial charge in [0.15, 0.2) is 5.69 Å². The lowest BCUT2D eigenvalue weighted by Gasteiger charge is -2.04. The molecular weight excluding hydrogens is 322 g/mol. The van der Waals surface area contributed by atoms with Crippen LogP contribution in [0.1, 0.15) is 28.8 Å². The quantitative estimate of drug-likeness (QED) is 0.704. The van der Waals surface area contributed by atoms with E-state index in [0.717, 1.165) is 11.4 Å². The Morgan fingerprint density at radius 2 is 2.12 bits per heavy atom. The molecule has 0 atom stereocenters. The first-order valence-corrected chi connectivity index (χ1v) is 8.01. The van der Waals surface area contributed by atoms with Gasteiger partial charge in [-0.1, -0.05) is 0 Å². The van der Waals surface area contributed by atoms with Crippen molar-refractivity contribution in [3.8, 4) is 0 Å². The average Bonchev–Trinajstić information content (AvgIpc) is 3.27. The second kappa shape index (κ2) is 7.31. The molecule has 3 aromatic rings. The number of nitrogens with zero attached hydrogens (tertiary/aromatic N) is 6. The number of aromatic nitrogens is 6. The molecule has 0 aliphatic carbocycles. The Bertz CT molecular complexity index is 862. The molecule has 0 aromatic carbocycles. The molecule has 0 unspecified atom stereocenters. The summed E-state index contributed by atoms with van der Waals surface area (Å²) in [5.74, 6) is -0.289. The zero-order valence-corrected chi connectivity index (χ0v) is 14.5. The largest absolute Gasteiger partial charge is 0.360 e. The van der Waals surface area contributed by atoms with Crippen LogP contribution in [0.5, 0.6) is 0 Å². The SMILES string of the molecule is CCOCn1cc(NC(=O)c2ccn(Cn3nc(C)cc3C)n2)cn1. The van der Waals surface area contributed by atoms with E-state index in [-0.39, 0.29) is 5.91 Å². The van der Waals surface area contributed by atoms with Crippen molar-refractivity contribution in [1.29, 1.82) is 0 Å². The van der Waals surface area contributed by atoms with E-state index in [1.807, 2.05) is 31.5 Å². The molecule has 0 saturated carbocycles. The Balaban J connectivity index is 1.62. The lowest BCUT2D eigenvalue weighted by molar-refractivity contribution is 0.0792. The molecule has 0 saturated heterocycles. The molecular formula is C16H21N7O2. The van der Waals surface area contributed by atoms with Gasteiger partial charge in [-0.15, -0.1) is 0 Å². The highest BCUT2D eigenvalue weighted by molar-refractivity contribution is 6.02. The highest BCUT2D eigenvalue weighted by Crippen LogP contribution is 2.08. The summed E-state index contributed by atoms with van der Waals surface area (Å²) in [5.41, 5.74) is 2.92. The van der Waals surface area contributed by atoms with Gasteiger partial charge in [-0.3, -0.25) is 9.48 Å². The van der Waals surface area contributed by atoms with Crippen LogP contribution in [-0.4, -0.2) is 41.9 Å². The van der Waals surface area contributed by atoms with Crippen LogP contribution in [0.2, 0.25) is 0 Å². The average molecular weight is 343 g/mol. The highest BCUT2D eigenvalue weighted by Gasteiger charge is 2.12. The van der Waals surface area contributed by atoms with Crippen molar-refractivity contribution in [2.24, 2.45) is 0 Å². The first kappa shape index (κ1) is 16.9. The third-order valence-electron chi connectivity index (χ3n) is 3.57. The molecule has 1 amide bonds. The fourth-order valence-electron chi connectivity index (χ4n) is 2.40. The van der Waals surface area contributed by atoms with Crippen LogP contribution in [0.3, 0.4) is 0 Å². The zero-order valence-electron chi connectivity index (χ0n) is 14.5. The molecule has 0 spiro atoms. The normalized spacial score (nSPS) is 11.0. The summed E-state index contributed by atoms with van der Waals surface area (Å²) >= 11 is 0. The minimum Gasteiger partial charge on any atom is -0.360 e. The Labute approximate surface area is 145 Å². The maximum absolute atomic E-state index is 12.3. The Morgan fingerprint density at radius 3 is 2.84 bits per heavy atom. The summed E-state index contributed by atoms with van der Waals surface area (Å²) in [4.78, 5) is 12.3. The van der Waals surface area contributed by atoms with Gasteiger partial charge in [0.2, 0.25) is 0 Å². The smallest absolute Gasteiger partial charge is 0.276 e. The second-order valence-corrected chi connectivity index (χ2v) is 5.65. The van der Waals surface area contributed by atoms with Crippen LogP contribution in [0.15, 0.2) is 30.7 Å². The van der Waals surface area contributed by atoms with Crippen LogP contribution in [0, 0.1) is 13.8 Å². The predicted octanol–water partition coefficient (Wildman–Crippen LogP) is 1.65. The maximum atomic E-state index is 12.3. The van der Waals surface area contributed by atoms with Gasteiger partial charge in [0.05, 0.1) is 23.8 Å². The molecule has 0 fully saturated rings. The van der Waals surface area contributed by atoms with E-state index < -0.39 is 0 Å². The molecule has 3 aromatic heterocycles. The Morgan fingerprint density at radius 1 is 1.28 bits per heavy atom. The Kier molecular flexibility index (Phi) is 4.94. The fraction of sp³-hybridized carbons (Fsp3) is 0.375. The number of hydrogen-bond donors (Lipinski definition) is 1. The minimum absolute atomic E-state index is 0.289. The van der Waals surface area contributed by atoms with Gasteiger partial charge in [-0.05, 0) is 32.9 Å². The molecule has 3 heterocycles. The molecule has 0 aliphatic heterocycles. The number of hydrogen-bond acceptors (Lipinski definition) is 5. The van der Waals surface area contributed by atoms with Gasteiger partial charge in [-0.25, -0.2) is 9.36 Å². The molecule has 0 radical (unpaired) electrons. The highest BCUT2D eigenvalue weighted by atomic mass is 16.5. The van der Waals surface area contributed by atoms with Crippen LogP contribution < -0.4 is 5.32 Å². The number of carbonyl (C=O) groups excluding carboxylic acids is 1. The molecule has 0 bridgehead atoms. The molecule has 3 rings (SSSR count). The van der Waals surface area contributed by atoms with Gasteiger partial charge in [0.1, 0.15) is 13.4 Å². The number of nitrogens with one attached hydrogen (secondary N) is 1. The van der Waals surface area contributed by atoms with Gasteiger partial charge < -0.3 is 10.1 Å². The predicted molar refractivity (Wildman–Crippen MR) is 91.1 cm³/mol. The number of carbonyl (C=O) groups is 1. The number of ether oxygens (including phenoxy) is 1. The molecule has 0 aliphatic rings. The third kappa shape index (κ3) is 4.13. The maximum Gasteiger partial charge on any atom is 0.276 e. The van der Waals surface area contributed by atoms with Crippen LogP contribution in [-0.2, 0) is 18.1 Å². The van der Waals surface area contributed by atoms with E-state index in [2.05, 4.69) is 20.6 Å². The van der Waals surface area contributed by atoms with Crippen molar-refractivity contribution in [3.63, 3.8) is 0 Å². The third-order valence-corrected chi connectivity index (χ3v) is 3.57. The van der Waals surface area contributed by atoms with Crippen molar-refractivity contribution in [3.05, 3.63) is 47.8 Å². The molecule has 9 heteroatoms. The number of rotatable bonds is 7. The van der Waals surface area contributed by atoms with E-state index in [4.69, 9.17) is 4.74 Å². The van der Waals surface area contributed by atoms with E-state index in [1.165, 1.54) is 0 Å². The van der Waals surface area contributed by atoms with Gasteiger partial charge in [-0.2, -0.15) is 15.3 Å². The number of amides is 1. The van der Waals surface area contributed by atoms with Crippen LogP contribution in [0.4, 0.5) is 5.69 Å². The van der Waals surface area contributed by atoms with E-state index >= 15 is 0 Å². The number of anilines is 1. The summed E-state index contributed by atoms with van der Waals surface area (Å²) in [6.45, 7) is 7.25. The minimum atomic E-state index is -0.289. The molecule has 9 nitrogen and oxygen atoms in total. The molecule has 1 N–H and O–H groups in total. The first-order valence-electron chi connectivity index (χ1n) is 8.01. The van der Waals surface area contributed by atoms with E-state index in [1.54, 1.807) is 34.0 Å². The summed E-state index contributed by atoms with van der Waals surface area (Å²) < 4.78 is 10.4. The zero-order chi connectivity index (χ0) is 17.8. The van der Waals surface area contributed by atoms with Crippen molar-refractivity contribution in [2.75, 3.05) is 11.9 Å². The van der Waals surface area contributed by atoms with Crippen molar-refractivity contribution < 1.29 is 9.53 Å². The standard InChI is InChI=1S/C16H21N7O2/c1-4-25-11-22-9-14(8-17-22)18-16(24)15-5-6-21(20-15)10-23-13(3)7-12(2)19-23/h5-9H,4,10-11H2,1-3H3,(H,18,24). The van der Waals surface area contributed by atoms with Crippen molar-refractivity contribution >= 4 is 11.6 Å². The summed E-state index contributed by atoms with van der Waals surface area (Å²) in [5, 5.41) is 15.6. The number of aryl methyl sites for hydroxylation is 2. The van der Waals surface area contributed by atoms with Gasteiger partial charge in [0.25, 0.3) is 5.91 Å². The summed E-state index contributed by atoms with van der Waals surface area (Å²) in [7, 11) is 0. The van der Waals surface area contributed by atoms with E-state index in [0.29, 0.717) is 31.4 Å². The lowest BCUT2D eigenvalue weighted by atomic mass is 10.4. The van der Waals surface area contributed by atoms with Crippen LogP contribution >= 0.6 is 0 Å². The summed E-state index contributed by atoms with van der Waals surface area (Å²) in [6.07, 6.45) is 5.04. The van der Waals surface area contributed by atoms with Gasteiger partial charge >= 0.3 is 0 Å². The summed E-state index contributed by atoms with van der Waals surface area (Å²) in [6, 6.07) is 3.67. The van der Waals surface area contributed by atoms with Crippen molar-refractivity contribution in [1.82, 2.24) is 29.3 Å².